The van der Waals surface area contributed by atoms with Gasteiger partial charge in [-0.05, 0) is 77.7 Å². The van der Waals surface area contributed by atoms with Crippen LogP contribution in [0.4, 0.5) is 5.69 Å². The van der Waals surface area contributed by atoms with Crippen LogP contribution in [0.1, 0.15) is 29.2 Å². The molecule has 3 aromatic rings. The van der Waals surface area contributed by atoms with Crippen LogP contribution in [0.15, 0.2) is 72.8 Å². The van der Waals surface area contributed by atoms with Crippen LogP contribution in [-0.4, -0.2) is 5.91 Å². The SMILES string of the molecule is Cc1cc(NC(=O)C(C)(c2ccccc2)c2ccccc2)c(C)cc1I. The fraction of sp³-hybridized carbons (Fsp3) is 0.174. The number of hydrogen-bond acceptors (Lipinski definition) is 1. The second kappa shape index (κ2) is 7.62. The van der Waals surface area contributed by atoms with Gasteiger partial charge >= 0.3 is 0 Å². The van der Waals surface area contributed by atoms with Gasteiger partial charge in [0.2, 0.25) is 5.91 Å². The van der Waals surface area contributed by atoms with Gasteiger partial charge in [0.1, 0.15) is 0 Å². The van der Waals surface area contributed by atoms with Gasteiger partial charge in [-0.25, -0.2) is 0 Å². The fourth-order valence-electron chi connectivity index (χ4n) is 3.13. The van der Waals surface area contributed by atoms with Gasteiger partial charge in [-0.15, -0.1) is 0 Å². The lowest BCUT2D eigenvalue weighted by Crippen LogP contribution is -2.39. The van der Waals surface area contributed by atoms with E-state index in [2.05, 4.69) is 40.9 Å². The standard InChI is InChI=1S/C23H22INO/c1-16-15-21(17(2)14-20(16)24)25-22(26)23(3,18-10-6-4-7-11-18)19-12-8-5-9-13-19/h4-15H,1-3H3,(H,25,26). The molecule has 3 aromatic carbocycles. The second-order valence-electron chi connectivity index (χ2n) is 6.73. The minimum Gasteiger partial charge on any atom is -0.325 e. The molecule has 0 saturated carbocycles. The Morgan fingerprint density at radius 3 is 1.85 bits per heavy atom. The van der Waals surface area contributed by atoms with Crippen molar-refractivity contribution in [2.45, 2.75) is 26.2 Å². The molecule has 0 heterocycles. The van der Waals surface area contributed by atoms with Crippen molar-refractivity contribution in [1.82, 2.24) is 0 Å². The summed E-state index contributed by atoms with van der Waals surface area (Å²) >= 11 is 2.32. The van der Waals surface area contributed by atoms with Gasteiger partial charge in [0.25, 0.3) is 0 Å². The highest BCUT2D eigenvalue weighted by Crippen LogP contribution is 2.34. The van der Waals surface area contributed by atoms with E-state index in [1.54, 1.807) is 0 Å². The Bertz CT molecular complexity index is 880. The molecule has 3 heteroatoms. The summed E-state index contributed by atoms with van der Waals surface area (Å²) in [6.07, 6.45) is 0. The molecule has 0 aliphatic carbocycles. The maximum atomic E-state index is 13.5. The zero-order valence-corrected chi connectivity index (χ0v) is 17.4. The average molecular weight is 455 g/mol. The predicted molar refractivity (Wildman–Crippen MR) is 117 cm³/mol. The molecule has 2 nitrogen and oxygen atoms in total. The zero-order chi connectivity index (χ0) is 18.7. The summed E-state index contributed by atoms with van der Waals surface area (Å²) in [7, 11) is 0. The predicted octanol–water partition coefficient (Wildman–Crippen LogP) is 5.85. The van der Waals surface area contributed by atoms with Crippen molar-refractivity contribution in [2.24, 2.45) is 0 Å². The van der Waals surface area contributed by atoms with Gasteiger partial charge in [0.15, 0.2) is 0 Å². The molecule has 0 bridgehead atoms. The fourth-order valence-corrected chi connectivity index (χ4v) is 3.76. The van der Waals surface area contributed by atoms with E-state index in [0.29, 0.717) is 0 Å². The molecule has 1 amide bonds. The molecule has 0 unspecified atom stereocenters. The Kier molecular flexibility index (Phi) is 5.47. The second-order valence-corrected chi connectivity index (χ2v) is 7.89. The Hall–Kier alpha value is -2.14. The van der Waals surface area contributed by atoms with Gasteiger partial charge in [-0.2, -0.15) is 0 Å². The Morgan fingerprint density at radius 2 is 1.35 bits per heavy atom. The molecule has 26 heavy (non-hydrogen) atoms. The molecule has 0 radical (unpaired) electrons. The first-order valence-electron chi connectivity index (χ1n) is 8.62. The number of anilines is 1. The number of halogens is 1. The van der Waals surface area contributed by atoms with Gasteiger partial charge in [0, 0.05) is 9.26 Å². The molecular formula is C23H22INO. The highest BCUT2D eigenvalue weighted by Gasteiger charge is 2.37. The molecule has 0 aromatic heterocycles. The van der Waals surface area contributed by atoms with Gasteiger partial charge in [-0.3, -0.25) is 4.79 Å². The number of hydrogen-bond donors (Lipinski definition) is 1. The van der Waals surface area contributed by atoms with Crippen molar-refractivity contribution in [3.8, 4) is 0 Å². The van der Waals surface area contributed by atoms with Crippen molar-refractivity contribution in [3.05, 3.63) is 98.6 Å². The van der Waals surface area contributed by atoms with Crippen LogP contribution >= 0.6 is 22.6 Å². The van der Waals surface area contributed by atoms with Crippen LogP contribution < -0.4 is 5.32 Å². The van der Waals surface area contributed by atoms with Crippen LogP contribution in [-0.2, 0) is 10.2 Å². The van der Waals surface area contributed by atoms with E-state index < -0.39 is 5.41 Å². The summed E-state index contributed by atoms with van der Waals surface area (Å²) in [5.41, 5.74) is 4.27. The minimum absolute atomic E-state index is 0.0291. The number of nitrogens with one attached hydrogen (secondary N) is 1. The smallest absolute Gasteiger partial charge is 0.239 e. The van der Waals surface area contributed by atoms with Crippen molar-refractivity contribution in [1.29, 1.82) is 0 Å². The maximum absolute atomic E-state index is 13.5. The van der Waals surface area contributed by atoms with Crippen LogP contribution in [0, 0.1) is 17.4 Å². The number of benzene rings is 3. The monoisotopic (exact) mass is 455 g/mol. The van der Waals surface area contributed by atoms with Gasteiger partial charge in [-0.1, -0.05) is 60.7 Å². The molecule has 3 rings (SSSR count). The van der Waals surface area contributed by atoms with Crippen molar-refractivity contribution < 1.29 is 4.79 Å². The molecule has 0 saturated heterocycles. The van der Waals surface area contributed by atoms with E-state index in [1.807, 2.05) is 80.6 Å². The minimum atomic E-state index is -0.772. The summed E-state index contributed by atoms with van der Waals surface area (Å²) in [5.74, 6) is -0.0291. The molecule has 0 spiro atoms. The number of aryl methyl sites for hydroxylation is 2. The molecule has 1 N–H and O–H groups in total. The largest absolute Gasteiger partial charge is 0.325 e. The van der Waals surface area contributed by atoms with Crippen molar-refractivity contribution in [2.75, 3.05) is 5.32 Å². The highest BCUT2D eigenvalue weighted by molar-refractivity contribution is 14.1. The summed E-state index contributed by atoms with van der Waals surface area (Å²) in [4.78, 5) is 13.5. The third kappa shape index (κ3) is 3.54. The lowest BCUT2D eigenvalue weighted by atomic mass is 9.75. The van der Waals surface area contributed by atoms with Gasteiger partial charge < -0.3 is 5.32 Å². The molecule has 0 atom stereocenters. The van der Waals surface area contributed by atoms with E-state index >= 15 is 0 Å². The average Bonchev–Trinajstić information content (AvgIpc) is 2.66. The van der Waals surface area contributed by atoms with Crippen LogP contribution in [0.3, 0.4) is 0 Å². The third-order valence-electron chi connectivity index (χ3n) is 4.91. The van der Waals surface area contributed by atoms with Crippen molar-refractivity contribution >= 4 is 34.2 Å². The number of carbonyl (C=O) groups is 1. The third-order valence-corrected chi connectivity index (χ3v) is 6.07. The van der Waals surface area contributed by atoms with E-state index in [0.717, 1.165) is 27.9 Å². The topological polar surface area (TPSA) is 29.1 Å². The Labute approximate surface area is 168 Å². The van der Waals surface area contributed by atoms with E-state index in [-0.39, 0.29) is 5.91 Å². The molecule has 132 valence electrons. The number of amides is 1. The summed E-state index contributed by atoms with van der Waals surface area (Å²) in [5, 5.41) is 3.17. The van der Waals surface area contributed by atoms with E-state index in [1.165, 1.54) is 3.57 Å². The van der Waals surface area contributed by atoms with E-state index in [4.69, 9.17) is 0 Å². The van der Waals surface area contributed by atoms with Crippen LogP contribution in [0.5, 0.6) is 0 Å². The van der Waals surface area contributed by atoms with Gasteiger partial charge in [0.05, 0.1) is 5.41 Å². The quantitative estimate of drug-likeness (QED) is 0.492. The normalized spacial score (nSPS) is 11.2. The van der Waals surface area contributed by atoms with Crippen LogP contribution in [0.25, 0.3) is 0 Å². The molecule has 0 aliphatic rings. The first-order chi connectivity index (χ1) is 12.4. The molecule has 0 fully saturated rings. The lowest BCUT2D eigenvalue weighted by Gasteiger charge is -2.30. The van der Waals surface area contributed by atoms with Crippen molar-refractivity contribution in [3.63, 3.8) is 0 Å². The summed E-state index contributed by atoms with van der Waals surface area (Å²) in [6, 6.07) is 24.1. The molecular weight excluding hydrogens is 433 g/mol. The van der Waals surface area contributed by atoms with Crippen LogP contribution in [0.2, 0.25) is 0 Å². The zero-order valence-electron chi connectivity index (χ0n) is 15.2. The lowest BCUT2D eigenvalue weighted by molar-refractivity contribution is -0.119. The first kappa shape index (κ1) is 18.6. The Morgan fingerprint density at radius 1 is 0.846 bits per heavy atom. The van der Waals surface area contributed by atoms with E-state index in [9.17, 15) is 4.79 Å². The number of rotatable bonds is 4. The Balaban J connectivity index is 2.06. The highest BCUT2D eigenvalue weighted by atomic mass is 127. The number of carbonyl (C=O) groups excluding carboxylic acids is 1. The molecule has 0 aliphatic heterocycles. The first-order valence-corrected chi connectivity index (χ1v) is 9.70. The maximum Gasteiger partial charge on any atom is 0.239 e. The summed E-state index contributed by atoms with van der Waals surface area (Å²) in [6.45, 7) is 6.08. The summed E-state index contributed by atoms with van der Waals surface area (Å²) < 4.78 is 1.20.